The van der Waals surface area contributed by atoms with Crippen LogP contribution in [0.15, 0.2) is 131 Å². The maximum atomic E-state index is 12.5. The van der Waals surface area contributed by atoms with Crippen molar-refractivity contribution in [3.63, 3.8) is 0 Å². The molecule has 5 aromatic carbocycles. The van der Waals surface area contributed by atoms with Crippen molar-refractivity contribution in [3.8, 4) is 11.1 Å². The number of rotatable bonds is 4. The molecule has 0 amide bonds. The molecule has 0 saturated carbocycles. The van der Waals surface area contributed by atoms with E-state index in [9.17, 15) is 4.79 Å². The van der Waals surface area contributed by atoms with Gasteiger partial charge in [-0.25, -0.2) is 4.79 Å². The van der Waals surface area contributed by atoms with Crippen LogP contribution in [-0.4, -0.2) is 14.8 Å². The molecular formula is C37H28N4OS. The number of aromatic nitrogens is 2. The molecule has 1 aliphatic heterocycles. The Hall–Kier alpha value is -5.20. The normalized spacial score (nSPS) is 15.1. The van der Waals surface area contributed by atoms with E-state index in [-0.39, 0.29) is 11.9 Å². The number of imidazole rings is 1. The van der Waals surface area contributed by atoms with Crippen LogP contribution in [-0.2, 0) is 14.1 Å². The van der Waals surface area contributed by atoms with E-state index in [0.29, 0.717) is 0 Å². The highest BCUT2D eigenvalue weighted by Gasteiger charge is 2.22. The van der Waals surface area contributed by atoms with Gasteiger partial charge >= 0.3 is 5.69 Å². The lowest BCUT2D eigenvalue weighted by Gasteiger charge is -2.25. The lowest BCUT2D eigenvalue weighted by Crippen LogP contribution is -2.24. The molecule has 6 heteroatoms. The summed E-state index contributed by atoms with van der Waals surface area (Å²) in [6, 6.07) is 40.3. The topological polar surface area (TPSA) is 51.3 Å². The number of nitrogens with one attached hydrogen (secondary N) is 1. The summed E-state index contributed by atoms with van der Waals surface area (Å²) in [5.41, 5.74) is 9.27. The summed E-state index contributed by atoms with van der Waals surface area (Å²) in [6.07, 6.45) is 1.96. The molecule has 208 valence electrons. The van der Waals surface area contributed by atoms with Crippen molar-refractivity contribution in [2.45, 2.75) is 6.17 Å². The van der Waals surface area contributed by atoms with Gasteiger partial charge < -0.3 is 5.32 Å². The number of benzene rings is 5. The SMILES string of the molecule is Cn1c(=O)n(C)c2cc(-c3cccc(C4=NC(c5ccccc5)NC(c5cccc6c5sc5ccccc56)=C4)c3)ccc21. The zero-order chi connectivity index (χ0) is 29.1. The number of aliphatic imine (C=N–C) groups is 1. The van der Waals surface area contributed by atoms with Gasteiger partial charge in [0, 0.05) is 51.1 Å². The quantitative estimate of drug-likeness (QED) is 0.231. The van der Waals surface area contributed by atoms with Crippen LogP contribution in [0.2, 0.25) is 0 Å². The van der Waals surface area contributed by atoms with Crippen LogP contribution in [0, 0.1) is 0 Å². The number of allylic oxidation sites excluding steroid dienone is 1. The third kappa shape index (κ3) is 4.22. The summed E-state index contributed by atoms with van der Waals surface area (Å²) in [5.74, 6) is 0. The Bertz CT molecular complexity index is 2320. The second-order valence-corrected chi connectivity index (χ2v) is 12.0. The van der Waals surface area contributed by atoms with Gasteiger partial charge in [0.25, 0.3) is 0 Å². The van der Waals surface area contributed by atoms with E-state index in [0.717, 1.165) is 44.7 Å². The van der Waals surface area contributed by atoms with E-state index in [1.165, 1.54) is 25.7 Å². The first kappa shape index (κ1) is 25.5. The van der Waals surface area contributed by atoms with Crippen molar-refractivity contribution in [1.82, 2.24) is 14.5 Å². The first-order chi connectivity index (χ1) is 21.0. The molecular weight excluding hydrogens is 549 g/mol. The van der Waals surface area contributed by atoms with E-state index >= 15 is 0 Å². The van der Waals surface area contributed by atoms with Crippen molar-refractivity contribution in [1.29, 1.82) is 0 Å². The number of thiophene rings is 1. The Morgan fingerprint density at radius 1 is 0.698 bits per heavy atom. The lowest BCUT2D eigenvalue weighted by molar-refractivity contribution is 0.664. The number of aryl methyl sites for hydroxylation is 2. The molecule has 2 aromatic heterocycles. The summed E-state index contributed by atoms with van der Waals surface area (Å²) in [5, 5.41) is 6.31. The van der Waals surface area contributed by atoms with Crippen molar-refractivity contribution in [3.05, 3.63) is 149 Å². The predicted octanol–water partition coefficient (Wildman–Crippen LogP) is 8.04. The van der Waals surface area contributed by atoms with Crippen LogP contribution < -0.4 is 11.0 Å². The maximum Gasteiger partial charge on any atom is 0.328 e. The molecule has 0 fully saturated rings. The largest absolute Gasteiger partial charge is 0.359 e. The maximum absolute atomic E-state index is 12.5. The average molecular weight is 577 g/mol. The molecule has 1 N–H and O–H groups in total. The third-order valence-corrected chi connectivity index (χ3v) is 9.63. The van der Waals surface area contributed by atoms with E-state index in [1.807, 2.05) is 37.6 Å². The van der Waals surface area contributed by atoms with E-state index in [4.69, 9.17) is 4.99 Å². The Morgan fingerprint density at radius 3 is 2.30 bits per heavy atom. The smallest absolute Gasteiger partial charge is 0.328 e. The van der Waals surface area contributed by atoms with Gasteiger partial charge in [-0.05, 0) is 47.0 Å². The minimum absolute atomic E-state index is 0.0248. The zero-order valence-corrected chi connectivity index (χ0v) is 24.6. The molecule has 0 aliphatic carbocycles. The Balaban J connectivity index is 1.27. The van der Waals surface area contributed by atoms with Crippen LogP contribution in [0.25, 0.3) is 48.0 Å². The van der Waals surface area contributed by atoms with Gasteiger partial charge in [0.1, 0.15) is 6.17 Å². The highest BCUT2D eigenvalue weighted by molar-refractivity contribution is 7.26. The van der Waals surface area contributed by atoms with Crippen LogP contribution in [0.1, 0.15) is 22.9 Å². The first-order valence-corrected chi connectivity index (χ1v) is 15.1. The van der Waals surface area contributed by atoms with Gasteiger partial charge in [-0.15, -0.1) is 11.3 Å². The Kier molecular flexibility index (Phi) is 5.91. The molecule has 1 unspecified atom stereocenters. The highest BCUT2D eigenvalue weighted by atomic mass is 32.1. The zero-order valence-electron chi connectivity index (χ0n) is 23.8. The lowest BCUT2D eigenvalue weighted by atomic mass is 9.97. The average Bonchev–Trinajstić information content (AvgIpc) is 3.55. The first-order valence-electron chi connectivity index (χ1n) is 14.3. The number of hydrogen-bond acceptors (Lipinski definition) is 4. The molecule has 7 aromatic rings. The molecule has 5 nitrogen and oxygen atoms in total. The fraction of sp³-hybridized carbons (Fsp3) is 0.0811. The van der Waals surface area contributed by atoms with E-state index in [1.54, 1.807) is 9.13 Å². The van der Waals surface area contributed by atoms with Crippen LogP contribution >= 0.6 is 11.3 Å². The fourth-order valence-electron chi connectivity index (χ4n) is 6.14. The molecule has 3 heterocycles. The third-order valence-electron chi connectivity index (χ3n) is 8.41. The monoisotopic (exact) mass is 576 g/mol. The molecule has 0 spiro atoms. The Morgan fingerprint density at radius 2 is 1.42 bits per heavy atom. The summed E-state index contributed by atoms with van der Waals surface area (Å²) in [7, 11) is 3.63. The van der Waals surface area contributed by atoms with Gasteiger partial charge in [-0.2, -0.15) is 0 Å². The summed E-state index contributed by atoms with van der Waals surface area (Å²) in [6.45, 7) is 0. The minimum atomic E-state index is -0.223. The number of hydrogen-bond donors (Lipinski definition) is 1. The summed E-state index contributed by atoms with van der Waals surface area (Å²) in [4.78, 5) is 17.7. The van der Waals surface area contributed by atoms with Gasteiger partial charge in [0.15, 0.2) is 0 Å². The fourth-order valence-corrected chi connectivity index (χ4v) is 7.37. The van der Waals surface area contributed by atoms with Gasteiger partial charge in [0.2, 0.25) is 0 Å². The molecule has 1 atom stereocenters. The second kappa shape index (κ2) is 9.96. The van der Waals surface area contributed by atoms with E-state index in [2.05, 4.69) is 115 Å². The molecule has 1 aliphatic rings. The van der Waals surface area contributed by atoms with Crippen molar-refractivity contribution in [2.24, 2.45) is 19.1 Å². The number of fused-ring (bicyclic) bond motifs is 4. The van der Waals surface area contributed by atoms with Crippen molar-refractivity contribution >= 4 is 54.0 Å². The molecule has 0 radical (unpaired) electrons. The van der Waals surface area contributed by atoms with Crippen molar-refractivity contribution in [2.75, 3.05) is 0 Å². The predicted molar refractivity (Wildman–Crippen MR) is 180 cm³/mol. The molecule has 43 heavy (non-hydrogen) atoms. The number of nitrogens with zero attached hydrogens (tertiary/aromatic N) is 3. The Labute approximate surface area is 252 Å². The van der Waals surface area contributed by atoms with Gasteiger partial charge in [0.05, 0.1) is 16.7 Å². The molecule has 8 rings (SSSR count). The van der Waals surface area contributed by atoms with Crippen LogP contribution in [0.3, 0.4) is 0 Å². The van der Waals surface area contributed by atoms with Gasteiger partial charge in [-0.3, -0.25) is 14.1 Å². The summed E-state index contributed by atoms with van der Waals surface area (Å²) < 4.78 is 5.95. The van der Waals surface area contributed by atoms with E-state index < -0.39 is 0 Å². The minimum Gasteiger partial charge on any atom is -0.359 e. The second-order valence-electron chi connectivity index (χ2n) is 11.0. The molecule has 0 saturated heterocycles. The van der Waals surface area contributed by atoms with Gasteiger partial charge in [-0.1, -0.05) is 91.0 Å². The van der Waals surface area contributed by atoms with Crippen LogP contribution in [0.4, 0.5) is 0 Å². The summed E-state index contributed by atoms with van der Waals surface area (Å²) >= 11 is 1.83. The molecule has 0 bridgehead atoms. The van der Waals surface area contributed by atoms with Crippen LogP contribution in [0.5, 0.6) is 0 Å². The highest BCUT2D eigenvalue weighted by Crippen LogP contribution is 2.39. The van der Waals surface area contributed by atoms with Crippen molar-refractivity contribution < 1.29 is 0 Å². The standard InChI is InChI=1S/C37H28N4OS/c1-40-32-19-18-25(21-33(32)41(2)37(40)42)24-12-8-13-26(20-24)30-22-31(39-36(38-30)23-10-4-3-5-11-23)29-16-9-15-28-27-14-6-7-17-34(27)43-35(28)29/h3-22,36,39H,1-2H3.